The van der Waals surface area contributed by atoms with E-state index in [1.807, 2.05) is 41.8 Å². The Labute approximate surface area is 138 Å². The van der Waals surface area contributed by atoms with Gasteiger partial charge in [-0.3, -0.25) is 9.59 Å². The first kappa shape index (κ1) is 15.7. The number of aliphatic hydroxyl groups is 1. The molecule has 0 spiro atoms. The lowest BCUT2D eigenvalue weighted by Crippen LogP contribution is -2.38. The molecule has 3 rings (SSSR count). The Balaban J connectivity index is 1.61. The van der Waals surface area contributed by atoms with Crippen molar-refractivity contribution >= 4 is 28.8 Å². The van der Waals surface area contributed by atoms with E-state index in [-0.39, 0.29) is 24.8 Å². The zero-order chi connectivity index (χ0) is 16.4. The van der Waals surface area contributed by atoms with Crippen LogP contribution in [0.4, 0.5) is 5.69 Å². The highest BCUT2D eigenvalue weighted by Crippen LogP contribution is 2.34. The van der Waals surface area contributed by atoms with Gasteiger partial charge in [-0.2, -0.15) is 0 Å². The molecule has 0 fully saturated rings. The van der Waals surface area contributed by atoms with Crippen molar-refractivity contribution in [3.8, 4) is 0 Å². The van der Waals surface area contributed by atoms with Gasteiger partial charge in [0.15, 0.2) is 0 Å². The Kier molecular flexibility index (Phi) is 4.19. The molecule has 2 heterocycles. The average molecular weight is 330 g/mol. The molecular weight excluding hydrogens is 312 g/mol. The molecule has 23 heavy (non-hydrogen) atoms. The Morgan fingerprint density at radius 2 is 2.13 bits per heavy atom. The van der Waals surface area contributed by atoms with Crippen molar-refractivity contribution in [2.24, 2.45) is 0 Å². The predicted molar refractivity (Wildman–Crippen MR) is 89.3 cm³/mol. The zero-order valence-electron chi connectivity index (χ0n) is 12.7. The van der Waals surface area contributed by atoms with E-state index < -0.39 is 11.5 Å². The predicted octanol–water partition coefficient (Wildman–Crippen LogP) is 2.20. The minimum absolute atomic E-state index is 0.0728. The van der Waals surface area contributed by atoms with Gasteiger partial charge < -0.3 is 15.7 Å². The molecule has 0 bridgehead atoms. The van der Waals surface area contributed by atoms with Crippen molar-refractivity contribution in [3.05, 3.63) is 52.2 Å². The first-order valence-corrected chi connectivity index (χ1v) is 8.28. The minimum Gasteiger partial charge on any atom is -0.383 e. The summed E-state index contributed by atoms with van der Waals surface area (Å²) < 4.78 is 0. The molecule has 0 aliphatic carbocycles. The number of carbonyl (C=O) groups is 2. The fourth-order valence-electron chi connectivity index (χ4n) is 2.68. The summed E-state index contributed by atoms with van der Waals surface area (Å²) in [6.07, 6.45) is 0.0728. The van der Waals surface area contributed by atoms with Crippen LogP contribution in [0.2, 0.25) is 0 Å². The highest BCUT2D eigenvalue weighted by molar-refractivity contribution is 7.10. The van der Waals surface area contributed by atoms with Gasteiger partial charge in [-0.25, -0.2) is 0 Å². The van der Waals surface area contributed by atoms with Gasteiger partial charge in [-0.05, 0) is 30.0 Å². The van der Waals surface area contributed by atoms with Gasteiger partial charge in [0.25, 0.3) is 0 Å². The van der Waals surface area contributed by atoms with Crippen molar-refractivity contribution in [1.82, 2.24) is 5.32 Å². The Morgan fingerprint density at radius 1 is 1.35 bits per heavy atom. The largest absolute Gasteiger partial charge is 0.383 e. The molecule has 1 aromatic carbocycles. The van der Waals surface area contributed by atoms with E-state index in [9.17, 15) is 14.7 Å². The second-order valence-electron chi connectivity index (χ2n) is 5.86. The quantitative estimate of drug-likeness (QED) is 0.786. The van der Waals surface area contributed by atoms with Gasteiger partial charge in [0.1, 0.15) is 5.60 Å². The summed E-state index contributed by atoms with van der Waals surface area (Å²) in [5, 5.41) is 17.8. The van der Waals surface area contributed by atoms with Crippen LogP contribution < -0.4 is 10.6 Å². The molecule has 3 N–H and O–H groups in total. The van der Waals surface area contributed by atoms with Crippen LogP contribution in [0.3, 0.4) is 0 Å². The molecule has 2 amide bonds. The number of benzene rings is 1. The van der Waals surface area contributed by atoms with Crippen LogP contribution in [0.25, 0.3) is 0 Å². The molecule has 6 heteroatoms. The van der Waals surface area contributed by atoms with E-state index in [1.165, 1.54) is 11.3 Å². The van der Waals surface area contributed by atoms with Crippen LogP contribution in [0.15, 0.2) is 41.8 Å². The molecule has 0 saturated carbocycles. The first-order valence-electron chi connectivity index (χ1n) is 7.40. The smallest absolute Gasteiger partial charge is 0.232 e. The van der Waals surface area contributed by atoms with Crippen LogP contribution in [0.1, 0.15) is 29.7 Å². The van der Waals surface area contributed by atoms with Crippen LogP contribution in [0.5, 0.6) is 0 Å². The second-order valence-corrected chi connectivity index (χ2v) is 6.81. The van der Waals surface area contributed by atoms with Crippen LogP contribution in [-0.2, 0) is 15.2 Å². The number of hydrogen-bond donors (Lipinski definition) is 3. The number of fused-ring (bicyclic) bond motifs is 1. The summed E-state index contributed by atoms with van der Waals surface area (Å²) in [5.74, 6) is -0.886. The summed E-state index contributed by atoms with van der Waals surface area (Å²) in [7, 11) is 0. The summed E-state index contributed by atoms with van der Waals surface area (Å²) >= 11 is 1.44. The summed E-state index contributed by atoms with van der Waals surface area (Å²) in [6.45, 7) is 1.78. The maximum Gasteiger partial charge on any atom is 0.232 e. The normalized spacial score (nSPS) is 18.9. The topological polar surface area (TPSA) is 78.4 Å². The van der Waals surface area contributed by atoms with E-state index in [2.05, 4.69) is 10.6 Å². The highest BCUT2D eigenvalue weighted by Gasteiger charge is 2.32. The lowest BCUT2D eigenvalue weighted by atomic mass is 9.96. The Hall–Kier alpha value is -2.18. The van der Waals surface area contributed by atoms with Crippen LogP contribution >= 0.6 is 11.3 Å². The van der Waals surface area contributed by atoms with E-state index in [4.69, 9.17) is 0 Å². The molecule has 0 radical (unpaired) electrons. The molecule has 2 unspecified atom stereocenters. The Bertz CT molecular complexity index is 725. The van der Waals surface area contributed by atoms with Crippen molar-refractivity contribution in [2.45, 2.75) is 24.9 Å². The number of rotatable bonds is 5. The average Bonchev–Trinajstić information content (AvgIpc) is 3.15. The van der Waals surface area contributed by atoms with Crippen molar-refractivity contribution in [1.29, 1.82) is 0 Å². The van der Waals surface area contributed by atoms with Gasteiger partial charge in [-0.1, -0.05) is 24.3 Å². The third kappa shape index (κ3) is 3.28. The van der Waals surface area contributed by atoms with Gasteiger partial charge in [-0.15, -0.1) is 11.3 Å². The molecular formula is C17H18N2O3S. The van der Waals surface area contributed by atoms with Crippen molar-refractivity contribution < 1.29 is 14.7 Å². The molecule has 1 aliphatic heterocycles. The van der Waals surface area contributed by atoms with Gasteiger partial charge in [0.05, 0.1) is 12.5 Å². The summed E-state index contributed by atoms with van der Waals surface area (Å²) in [5.41, 5.74) is 0.498. The lowest BCUT2D eigenvalue weighted by molar-refractivity contribution is -0.125. The van der Waals surface area contributed by atoms with E-state index >= 15 is 0 Å². The molecule has 120 valence electrons. The van der Waals surface area contributed by atoms with Gasteiger partial charge >= 0.3 is 0 Å². The van der Waals surface area contributed by atoms with E-state index in [0.29, 0.717) is 0 Å². The van der Waals surface area contributed by atoms with Crippen molar-refractivity contribution in [2.75, 3.05) is 11.9 Å². The van der Waals surface area contributed by atoms with Crippen molar-refractivity contribution in [3.63, 3.8) is 0 Å². The molecule has 2 aromatic rings. The van der Waals surface area contributed by atoms with E-state index in [0.717, 1.165) is 16.1 Å². The lowest BCUT2D eigenvalue weighted by Gasteiger charge is -2.22. The third-order valence-electron chi connectivity index (χ3n) is 3.98. The maximum absolute atomic E-state index is 12.2. The third-order valence-corrected chi connectivity index (χ3v) is 5.10. The van der Waals surface area contributed by atoms with E-state index in [1.54, 1.807) is 6.92 Å². The molecule has 1 aromatic heterocycles. The fraction of sp³-hybridized carbons (Fsp3) is 0.294. The van der Waals surface area contributed by atoms with Crippen LogP contribution in [0, 0.1) is 0 Å². The summed E-state index contributed by atoms with van der Waals surface area (Å²) in [6, 6.07) is 11.1. The standard InChI is InChI=1S/C17H18N2O3S/c1-17(22,14-7-4-8-23-14)10-18-15(20)9-12-11-5-2-3-6-13(11)19-16(12)21/h2-8,12,22H,9-10H2,1H3,(H,18,20)(H,19,21). The number of nitrogens with one attached hydrogen (secondary N) is 2. The number of anilines is 1. The molecule has 5 nitrogen and oxygen atoms in total. The number of amides is 2. The van der Waals surface area contributed by atoms with Crippen LogP contribution in [-0.4, -0.2) is 23.5 Å². The molecule has 1 aliphatic rings. The fourth-order valence-corrected chi connectivity index (χ4v) is 3.47. The Morgan fingerprint density at radius 3 is 2.87 bits per heavy atom. The second kappa shape index (κ2) is 6.14. The number of hydrogen-bond acceptors (Lipinski definition) is 4. The monoisotopic (exact) mass is 330 g/mol. The molecule has 0 saturated heterocycles. The molecule has 2 atom stereocenters. The number of carbonyl (C=O) groups excluding carboxylic acids is 2. The van der Waals surface area contributed by atoms with Gasteiger partial charge in [0.2, 0.25) is 11.8 Å². The van der Waals surface area contributed by atoms with Gasteiger partial charge in [0, 0.05) is 17.0 Å². The highest BCUT2D eigenvalue weighted by atomic mass is 32.1. The maximum atomic E-state index is 12.2. The first-order chi connectivity index (χ1) is 11.0. The zero-order valence-corrected chi connectivity index (χ0v) is 13.5. The minimum atomic E-state index is -1.11. The number of thiophene rings is 1. The summed E-state index contributed by atoms with van der Waals surface area (Å²) in [4.78, 5) is 25.0. The number of para-hydroxylation sites is 1. The SMILES string of the molecule is CC(O)(CNC(=O)CC1C(=O)Nc2ccccc21)c1cccs1.